The number of hydrogen-bond donors (Lipinski definition) is 1. The molecule has 0 aliphatic rings. The lowest BCUT2D eigenvalue weighted by atomic mass is 10.2. The Kier molecular flexibility index (Phi) is 3.14. The largest absolute Gasteiger partial charge is 0.312 e. The van der Waals surface area contributed by atoms with Crippen LogP contribution >= 0.6 is 22.7 Å². The lowest BCUT2D eigenvalue weighted by molar-refractivity contribution is 0.658. The fraction of sp³-hybridized carbons (Fsp3) is 0.400. The number of hydrogen-bond acceptors (Lipinski definition) is 5. The van der Waals surface area contributed by atoms with Gasteiger partial charge in [0.2, 0.25) is 0 Å². The normalized spacial score (nSPS) is 13.0. The maximum atomic E-state index is 4.57. The zero-order valence-corrected chi connectivity index (χ0v) is 10.6. The maximum Gasteiger partial charge on any atom is 0.135 e. The van der Waals surface area contributed by atoms with Crippen molar-refractivity contribution in [1.82, 2.24) is 15.3 Å². The van der Waals surface area contributed by atoms with Crippen molar-refractivity contribution >= 4 is 22.7 Å². The monoisotopic (exact) mass is 239 g/mol. The Morgan fingerprint density at radius 3 is 2.87 bits per heavy atom. The van der Waals surface area contributed by atoms with Crippen LogP contribution in [0, 0.1) is 6.92 Å². The van der Waals surface area contributed by atoms with Gasteiger partial charge in [0.1, 0.15) is 5.01 Å². The molecule has 0 aliphatic carbocycles. The summed E-state index contributed by atoms with van der Waals surface area (Å²) in [6.07, 6.45) is 1.87. The average Bonchev–Trinajstić information content (AvgIpc) is 2.84. The van der Waals surface area contributed by atoms with E-state index in [9.17, 15) is 0 Å². The third-order valence-corrected chi connectivity index (χ3v) is 4.58. The van der Waals surface area contributed by atoms with E-state index in [1.807, 2.05) is 18.8 Å². The molecule has 0 aromatic carbocycles. The molecule has 0 fully saturated rings. The topological polar surface area (TPSA) is 37.8 Å². The Bertz CT molecular complexity index is 433. The lowest BCUT2D eigenvalue weighted by Gasteiger charge is -2.06. The zero-order chi connectivity index (χ0) is 10.8. The molecule has 2 aromatic rings. The summed E-state index contributed by atoms with van der Waals surface area (Å²) >= 11 is 3.38. The first-order chi connectivity index (χ1) is 7.22. The standard InChI is InChI=1S/C10H13N3S2/c1-6(11-3)9-7(2)13-10(15-9)8-4-12-5-14-8/h4-6,11H,1-3H3. The van der Waals surface area contributed by atoms with Gasteiger partial charge in [-0.15, -0.1) is 22.7 Å². The second-order valence-electron chi connectivity index (χ2n) is 3.34. The summed E-state index contributed by atoms with van der Waals surface area (Å²) in [5, 5.41) is 4.31. The molecule has 0 saturated heterocycles. The average molecular weight is 239 g/mol. The minimum atomic E-state index is 0.365. The first-order valence-corrected chi connectivity index (χ1v) is 6.45. The van der Waals surface area contributed by atoms with E-state index in [2.05, 4.69) is 29.1 Å². The summed E-state index contributed by atoms with van der Waals surface area (Å²) in [4.78, 5) is 11.1. The molecule has 5 heteroatoms. The van der Waals surface area contributed by atoms with Crippen molar-refractivity contribution in [3.05, 3.63) is 22.3 Å². The van der Waals surface area contributed by atoms with Crippen molar-refractivity contribution in [1.29, 1.82) is 0 Å². The van der Waals surface area contributed by atoms with Gasteiger partial charge in [-0.2, -0.15) is 0 Å². The van der Waals surface area contributed by atoms with Crippen LogP contribution in [0.5, 0.6) is 0 Å². The molecule has 1 atom stereocenters. The molecule has 1 unspecified atom stereocenters. The molecule has 0 radical (unpaired) electrons. The second-order valence-corrected chi connectivity index (χ2v) is 5.26. The van der Waals surface area contributed by atoms with Crippen molar-refractivity contribution in [3.63, 3.8) is 0 Å². The molecule has 3 nitrogen and oxygen atoms in total. The van der Waals surface area contributed by atoms with Gasteiger partial charge in [-0.05, 0) is 20.9 Å². The van der Waals surface area contributed by atoms with Gasteiger partial charge in [0.25, 0.3) is 0 Å². The van der Waals surface area contributed by atoms with Crippen LogP contribution < -0.4 is 5.32 Å². The van der Waals surface area contributed by atoms with Crippen LogP contribution in [0.3, 0.4) is 0 Å². The molecule has 80 valence electrons. The predicted molar refractivity (Wildman–Crippen MR) is 65.4 cm³/mol. The molecule has 0 aliphatic heterocycles. The van der Waals surface area contributed by atoms with Gasteiger partial charge in [0, 0.05) is 17.1 Å². The van der Waals surface area contributed by atoms with Crippen molar-refractivity contribution in [2.24, 2.45) is 0 Å². The van der Waals surface area contributed by atoms with Crippen LogP contribution in [0.1, 0.15) is 23.5 Å². The fourth-order valence-corrected chi connectivity index (χ4v) is 3.17. The first kappa shape index (κ1) is 10.7. The Balaban J connectivity index is 2.37. The third-order valence-electron chi connectivity index (χ3n) is 2.30. The van der Waals surface area contributed by atoms with Crippen molar-refractivity contribution in [3.8, 4) is 9.88 Å². The maximum absolute atomic E-state index is 4.57. The molecule has 2 heterocycles. The van der Waals surface area contributed by atoms with Crippen LogP contribution in [0.25, 0.3) is 9.88 Å². The summed E-state index contributed by atoms with van der Waals surface area (Å²) < 4.78 is 0. The fourth-order valence-electron chi connectivity index (χ4n) is 1.37. The Morgan fingerprint density at radius 2 is 2.27 bits per heavy atom. The van der Waals surface area contributed by atoms with Crippen LogP contribution in [0.4, 0.5) is 0 Å². The van der Waals surface area contributed by atoms with Crippen molar-refractivity contribution in [2.75, 3.05) is 7.05 Å². The molecule has 1 N–H and O–H groups in total. The van der Waals surface area contributed by atoms with E-state index in [1.165, 1.54) is 4.88 Å². The number of nitrogens with zero attached hydrogens (tertiary/aromatic N) is 2. The van der Waals surface area contributed by atoms with Crippen molar-refractivity contribution in [2.45, 2.75) is 19.9 Å². The highest BCUT2D eigenvalue weighted by molar-refractivity contribution is 7.20. The van der Waals surface area contributed by atoms with Gasteiger partial charge >= 0.3 is 0 Å². The molecule has 15 heavy (non-hydrogen) atoms. The predicted octanol–water partition coefficient (Wildman–Crippen LogP) is 2.86. The van der Waals surface area contributed by atoms with Gasteiger partial charge < -0.3 is 5.32 Å². The zero-order valence-electron chi connectivity index (χ0n) is 8.94. The number of thiazole rings is 2. The molecule has 0 amide bonds. The van der Waals surface area contributed by atoms with Gasteiger partial charge in [-0.1, -0.05) is 0 Å². The van der Waals surface area contributed by atoms with Gasteiger partial charge in [-0.3, -0.25) is 4.98 Å². The van der Waals surface area contributed by atoms with Crippen LogP contribution in [-0.4, -0.2) is 17.0 Å². The van der Waals surface area contributed by atoms with E-state index >= 15 is 0 Å². The number of aryl methyl sites for hydroxylation is 1. The first-order valence-electron chi connectivity index (χ1n) is 4.76. The summed E-state index contributed by atoms with van der Waals surface area (Å²) in [6.45, 7) is 4.21. The highest BCUT2D eigenvalue weighted by atomic mass is 32.1. The van der Waals surface area contributed by atoms with Crippen LogP contribution in [-0.2, 0) is 0 Å². The summed E-state index contributed by atoms with van der Waals surface area (Å²) in [7, 11) is 1.97. The third kappa shape index (κ3) is 2.09. The Labute approximate surface area is 97.2 Å². The molecular weight excluding hydrogens is 226 g/mol. The second kappa shape index (κ2) is 4.38. The molecule has 0 bridgehead atoms. The SMILES string of the molecule is CNC(C)c1sc(-c2cncs2)nc1C. The highest BCUT2D eigenvalue weighted by Gasteiger charge is 2.14. The number of rotatable bonds is 3. The molecule has 0 spiro atoms. The minimum absolute atomic E-state index is 0.365. The minimum Gasteiger partial charge on any atom is -0.312 e. The van der Waals surface area contributed by atoms with Gasteiger partial charge in [0.05, 0.1) is 16.1 Å². The van der Waals surface area contributed by atoms with Crippen LogP contribution in [0.15, 0.2) is 11.7 Å². The van der Waals surface area contributed by atoms with E-state index in [1.54, 1.807) is 22.7 Å². The quantitative estimate of drug-likeness (QED) is 0.895. The number of aromatic nitrogens is 2. The van der Waals surface area contributed by atoms with E-state index in [0.29, 0.717) is 6.04 Å². The Hall–Kier alpha value is -0.780. The molecule has 2 aromatic heterocycles. The van der Waals surface area contributed by atoms with Crippen molar-refractivity contribution < 1.29 is 0 Å². The van der Waals surface area contributed by atoms with Gasteiger partial charge in [-0.25, -0.2) is 4.98 Å². The van der Waals surface area contributed by atoms with E-state index in [0.717, 1.165) is 15.6 Å². The highest BCUT2D eigenvalue weighted by Crippen LogP contribution is 2.33. The molecule has 2 rings (SSSR count). The van der Waals surface area contributed by atoms with Gasteiger partial charge in [0.15, 0.2) is 0 Å². The van der Waals surface area contributed by atoms with E-state index in [4.69, 9.17) is 0 Å². The molecule has 0 saturated carbocycles. The summed E-state index contributed by atoms with van der Waals surface area (Å²) in [5.74, 6) is 0. The summed E-state index contributed by atoms with van der Waals surface area (Å²) in [6, 6.07) is 0.365. The molecular formula is C10H13N3S2. The smallest absolute Gasteiger partial charge is 0.135 e. The van der Waals surface area contributed by atoms with E-state index in [-0.39, 0.29) is 0 Å². The van der Waals surface area contributed by atoms with Crippen LogP contribution in [0.2, 0.25) is 0 Å². The Morgan fingerprint density at radius 1 is 1.47 bits per heavy atom. The van der Waals surface area contributed by atoms with E-state index < -0.39 is 0 Å². The summed E-state index contributed by atoms with van der Waals surface area (Å²) in [5.41, 5.74) is 2.96. The lowest BCUT2D eigenvalue weighted by Crippen LogP contribution is -2.11. The number of nitrogens with one attached hydrogen (secondary N) is 1.